The third-order valence-electron chi connectivity index (χ3n) is 6.30. The first-order valence-electron chi connectivity index (χ1n) is 11.3. The Kier molecular flexibility index (Phi) is 6.22. The van der Waals surface area contributed by atoms with E-state index in [2.05, 4.69) is 9.88 Å². The summed E-state index contributed by atoms with van der Waals surface area (Å²) in [6.45, 7) is 4.37. The van der Waals surface area contributed by atoms with Crippen LogP contribution in [0.1, 0.15) is 20.7 Å². The molecule has 0 N–H and O–H groups in total. The highest BCUT2D eigenvalue weighted by Crippen LogP contribution is 2.23. The number of piperazine rings is 1. The fourth-order valence-corrected chi connectivity index (χ4v) is 4.32. The number of benzene rings is 2. The van der Waals surface area contributed by atoms with Gasteiger partial charge in [-0.2, -0.15) is 9.37 Å². The zero-order valence-electron chi connectivity index (χ0n) is 18.6. The first kappa shape index (κ1) is 22.0. The lowest BCUT2D eigenvalue weighted by atomic mass is 10.0. The van der Waals surface area contributed by atoms with Gasteiger partial charge in [-0.05, 0) is 42.5 Å². The van der Waals surface area contributed by atoms with Crippen molar-refractivity contribution in [1.82, 2.24) is 19.7 Å². The average Bonchev–Trinajstić information content (AvgIpc) is 2.84. The summed E-state index contributed by atoms with van der Waals surface area (Å²) in [5.74, 6) is 0.0889. The molecule has 0 radical (unpaired) electrons. The molecule has 0 aliphatic carbocycles. The van der Waals surface area contributed by atoms with Crippen LogP contribution in [0.2, 0.25) is 0 Å². The Morgan fingerprint density at radius 2 is 1.41 bits per heavy atom. The van der Waals surface area contributed by atoms with Crippen LogP contribution in [0, 0.1) is 5.95 Å². The van der Waals surface area contributed by atoms with Crippen LogP contribution in [0.3, 0.4) is 0 Å². The SMILES string of the molecule is O=C(c1ccccc1)N1CCN(C2CN(C(=O)c3ccc(Oc4cccc(F)n4)cc3)C2)CC1. The Hall–Kier alpha value is -3.78. The summed E-state index contributed by atoms with van der Waals surface area (Å²) in [5.41, 5.74) is 1.30. The summed E-state index contributed by atoms with van der Waals surface area (Å²) in [5, 5.41) is 0. The van der Waals surface area contributed by atoms with Crippen molar-refractivity contribution in [3.05, 3.63) is 89.9 Å². The molecule has 1 aromatic heterocycles. The molecule has 2 aromatic carbocycles. The minimum absolute atomic E-state index is 0.0235. The highest BCUT2D eigenvalue weighted by atomic mass is 19.1. The van der Waals surface area contributed by atoms with Gasteiger partial charge in [0.1, 0.15) is 5.75 Å². The van der Waals surface area contributed by atoms with Gasteiger partial charge in [-0.25, -0.2) is 0 Å². The zero-order valence-corrected chi connectivity index (χ0v) is 18.6. The summed E-state index contributed by atoms with van der Waals surface area (Å²) in [4.78, 5) is 35.2. The number of aromatic nitrogens is 1. The van der Waals surface area contributed by atoms with Crippen LogP contribution in [-0.2, 0) is 0 Å². The second-order valence-electron chi connectivity index (χ2n) is 8.48. The number of ether oxygens (including phenoxy) is 1. The third kappa shape index (κ3) is 4.77. The number of hydrogen-bond donors (Lipinski definition) is 0. The quantitative estimate of drug-likeness (QED) is 0.547. The van der Waals surface area contributed by atoms with E-state index < -0.39 is 5.95 Å². The van der Waals surface area contributed by atoms with Crippen molar-refractivity contribution in [2.75, 3.05) is 39.3 Å². The maximum absolute atomic E-state index is 13.2. The maximum Gasteiger partial charge on any atom is 0.253 e. The lowest BCUT2D eigenvalue weighted by Crippen LogP contribution is -2.64. The number of hydrogen-bond acceptors (Lipinski definition) is 5. The van der Waals surface area contributed by atoms with Crippen LogP contribution in [0.25, 0.3) is 0 Å². The van der Waals surface area contributed by atoms with Crippen molar-refractivity contribution < 1.29 is 18.7 Å². The predicted octanol–water partition coefficient (Wildman–Crippen LogP) is 3.30. The van der Waals surface area contributed by atoms with Gasteiger partial charge in [0.25, 0.3) is 11.8 Å². The number of carbonyl (C=O) groups is 2. The molecule has 2 fully saturated rings. The summed E-state index contributed by atoms with van der Waals surface area (Å²) in [6.07, 6.45) is 0. The molecule has 2 aliphatic rings. The van der Waals surface area contributed by atoms with E-state index in [1.807, 2.05) is 40.1 Å². The molecule has 2 amide bonds. The van der Waals surface area contributed by atoms with E-state index in [0.717, 1.165) is 18.7 Å². The zero-order chi connectivity index (χ0) is 23.5. The molecule has 34 heavy (non-hydrogen) atoms. The molecule has 7 nitrogen and oxygen atoms in total. The number of amides is 2. The molecule has 5 rings (SSSR count). The third-order valence-corrected chi connectivity index (χ3v) is 6.30. The van der Waals surface area contributed by atoms with Gasteiger partial charge in [-0.1, -0.05) is 24.3 Å². The van der Waals surface area contributed by atoms with Crippen molar-refractivity contribution in [3.8, 4) is 11.6 Å². The monoisotopic (exact) mass is 460 g/mol. The van der Waals surface area contributed by atoms with Gasteiger partial charge in [0.15, 0.2) is 0 Å². The van der Waals surface area contributed by atoms with Gasteiger partial charge in [0.05, 0.1) is 0 Å². The Morgan fingerprint density at radius 3 is 2.09 bits per heavy atom. The molecule has 3 heterocycles. The maximum atomic E-state index is 13.2. The molecule has 2 saturated heterocycles. The minimum atomic E-state index is -0.610. The van der Waals surface area contributed by atoms with Crippen molar-refractivity contribution in [2.45, 2.75) is 6.04 Å². The van der Waals surface area contributed by atoms with E-state index in [-0.39, 0.29) is 17.7 Å². The van der Waals surface area contributed by atoms with Crippen LogP contribution in [0.15, 0.2) is 72.8 Å². The molecule has 174 valence electrons. The molecule has 0 spiro atoms. The second kappa shape index (κ2) is 9.61. The number of pyridine rings is 1. The van der Waals surface area contributed by atoms with Crippen molar-refractivity contribution in [1.29, 1.82) is 0 Å². The van der Waals surface area contributed by atoms with E-state index in [1.54, 1.807) is 30.3 Å². The van der Waals surface area contributed by atoms with Gasteiger partial charge < -0.3 is 14.5 Å². The van der Waals surface area contributed by atoms with Crippen molar-refractivity contribution >= 4 is 11.8 Å². The Bertz CT molecular complexity index is 1160. The lowest BCUT2D eigenvalue weighted by Gasteiger charge is -2.48. The average molecular weight is 461 g/mol. The molecule has 0 unspecified atom stereocenters. The van der Waals surface area contributed by atoms with E-state index in [0.29, 0.717) is 43.5 Å². The van der Waals surface area contributed by atoms with Gasteiger partial charge >= 0.3 is 0 Å². The fraction of sp³-hybridized carbons (Fsp3) is 0.269. The second-order valence-corrected chi connectivity index (χ2v) is 8.48. The van der Waals surface area contributed by atoms with Crippen LogP contribution < -0.4 is 4.74 Å². The normalized spacial score (nSPS) is 16.7. The van der Waals surface area contributed by atoms with Crippen LogP contribution in [-0.4, -0.2) is 76.8 Å². The Labute approximate surface area is 197 Å². The van der Waals surface area contributed by atoms with E-state index in [9.17, 15) is 14.0 Å². The van der Waals surface area contributed by atoms with Crippen molar-refractivity contribution in [2.24, 2.45) is 0 Å². The molecule has 0 bridgehead atoms. The van der Waals surface area contributed by atoms with E-state index in [1.165, 1.54) is 12.1 Å². The molecule has 3 aromatic rings. The van der Waals surface area contributed by atoms with Crippen LogP contribution >= 0.6 is 0 Å². The number of nitrogens with zero attached hydrogens (tertiary/aromatic N) is 4. The van der Waals surface area contributed by atoms with Gasteiger partial charge in [-0.15, -0.1) is 0 Å². The predicted molar refractivity (Wildman–Crippen MR) is 124 cm³/mol. The summed E-state index contributed by atoms with van der Waals surface area (Å²) in [7, 11) is 0. The Balaban J connectivity index is 1.09. The smallest absolute Gasteiger partial charge is 0.253 e. The summed E-state index contributed by atoms with van der Waals surface area (Å²) < 4.78 is 18.7. The highest BCUT2D eigenvalue weighted by Gasteiger charge is 2.37. The van der Waals surface area contributed by atoms with Crippen LogP contribution in [0.4, 0.5) is 4.39 Å². The van der Waals surface area contributed by atoms with E-state index >= 15 is 0 Å². The first-order chi connectivity index (χ1) is 16.6. The summed E-state index contributed by atoms with van der Waals surface area (Å²) in [6, 6.07) is 20.8. The van der Waals surface area contributed by atoms with Gasteiger partial charge in [-0.3, -0.25) is 14.5 Å². The molecular formula is C26H25FN4O3. The number of rotatable bonds is 5. The summed E-state index contributed by atoms with van der Waals surface area (Å²) >= 11 is 0. The standard InChI is InChI=1S/C26H25FN4O3/c27-23-7-4-8-24(28-23)34-22-11-9-20(10-12-22)26(33)31-17-21(18-31)29-13-15-30(16-14-29)25(32)19-5-2-1-3-6-19/h1-12,21H,13-18H2. The molecule has 0 saturated carbocycles. The van der Waals surface area contributed by atoms with Gasteiger partial charge in [0.2, 0.25) is 11.8 Å². The largest absolute Gasteiger partial charge is 0.439 e. The number of likely N-dealkylation sites (tertiary alicyclic amines) is 1. The van der Waals surface area contributed by atoms with Gasteiger partial charge in [0, 0.05) is 62.5 Å². The number of carbonyl (C=O) groups excluding carboxylic acids is 2. The molecular weight excluding hydrogens is 435 g/mol. The molecule has 2 aliphatic heterocycles. The lowest BCUT2D eigenvalue weighted by molar-refractivity contribution is 0.00854. The highest BCUT2D eigenvalue weighted by molar-refractivity contribution is 5.95. The first-order valence-corrected chi connectivity index (χ1v) is 11.3. The number of halogens is 1. The fourth-order valence-electron chi connectivity index (χ4n) is 4.32. The molecule has 0 atom stereocenters. The van der Waals surface area contributed by atoms with Crippen LogP contribution in [0.5, 0.6) is 11.6 Å². The Morgan fingerprint density at radius 1 is 0.765 bits per heavy atom. The molecule has 8 heteroatoms. The van der Waals surface area contributed by atoms with Crippen molar-refractivity contribution in [3.63, 3.8) is 0 Å². The topological polar surface area (TPSA) is 66.0 Å². The minimum Gasteiger partial charge on any atom is -0.439 e. The van der Waals surface area contributed by atoms with E-state index in [4.69, 9.17) is 4.74 Å².